The largest absolute Gasteiger partial charge is 0.309 e. The molecule has 0 unspecified atom stereocenters. The van der Waals surface area contributed by atoms with E-state index in [4.69, 9.17) is 15.0 Å². The van der Waals surface area contributed by atoms with E-state index in [9.17, 15) is 0 Å². The van der Waals surface area contributed by atoms with Crippen LogP contribution in [0.3, 0.4) is 0 Å². The molecule has 0 radical (unpaired) electrons. The number of aromatic nitrogens is 4. The van der Waals surface area contributed by atoms with Gasteiger partial charge in [0.1, 0.15) is 0 Å². The van der Waals surface area contributed by atoms with Crippen molar-refractivity contribution in [2.45, 2.75) is 0 Å². The Morgan fingerprint density at radius 1 is 0.306 bits per heavy atom. The van der Waals surface area contributed by atoms with Crippen LogP contribution in [0.1, 0.15) is 0 Å². The summed E-state index contributed by atoms with van der Waals surface area (Å²) in [5.41, 5.74) is 10.8. The molecule has 4 nitrogen and oxygen atoms in total. The fraction of sp³-hybridized carbons (Fsp3) is 0. The van der Waals surface area contributed by atoms with Crippen molar-refractivity contribution in [2.75, 3.05) is 0 Å². The second-order valence-corrected chi connectivity index (χ2v) is 12.1. The fourth-order valence-electron chi connectivity index (χ4n) is 6.71. The molecular formula is C45H30N4. The van der Waals surface area contributed by atoms with Gasteiger partial charge in [0, 0.05) is 33.2 Å². The molecule has 7 aromatic carbocycles. The van der Waals surface area contributed by atoms with Crippen molar-refractivity contribution in [3.8, 4) is 62.1 Å². The lowest BCUT2D eigenvalue weighted by Crippen LogP contribution is -2.01. The molecule has 0 aliphatic rings. The maximum atomic E-state index is 5.05. The fourth-order valence-corrected chi connectivity index (χ4v) is 6.71. The molecule has 9 rings (SSSR count). The molecular weight excluding hydrogens is 597 g/mol. The van der Waals surface area contributed by atoms with Crippen LogP contribution in [0.25, 0.3) is 83.9 Å². The van der Waals surface area contributed by atoms with Crippen molar-refractivity contribution in [3.05, 3.63) is 182 Å². The number of nitrogens with zero attached hydrogens (tertiary/aromatic N) is 4. The van der Waals surface area contributed by atoms with E-state index in [1.807, 2.05) is 60.7 Å². The van der Waals surface area contributed by atoms with E-state index < -0.39 is 0 Å². The standard InChI is InChI=1S/C45H30N4/c1-4-14-31(15-5-1)32-24-27-36(28-25-32)49-41-23-13-12-21-38(41)39-29-26-35(30-42(39)49)37-20-10-11-22-40(37)45-47-43(33-16-6-2-7-17-33)46-44(48-45)34-18-8-3-9-19-34/h1-30H. The first-order chi connectivity index (χ1) is 24.3. The third-order valence-corrected chi connectivity index (χ3v) is 9.08. The molecule has 4 heteroatoms. The van der Waals surface area contributed by atoms with E-state index in [0.29, 0.717) is 17.5 Å². The van der Waals surface area contributed by atoms with E-state index in [1.165, 1.54) is 27.4 Å². The molecule has 2 heterocycles. The van der Waals surface area contributed by atoms with E-state index in [1.54, 1.807) is 0 Å². The third kappa shape index (κ3) is 5.26. The van der Waals surface area contributed by atoms with Crippen LogP contribution in [0.2, 0.25) is 0 Å². The van der Waals surface area contributed by atoms with Gasteiger partial charge in [-0.3, -0.25) is 0 Å². The molecule has 230 valence electrons. The molecule has 0 saturated heterocycles. The van der Waals surface area contributed by atoms with Gasteiger partial charge >= 0.3 is 0 Å². The van der Waals surface area contributed by atoms with Crippen LogP contribution >= 0.6 is 0 Å². The molecule has 0 N–H and O–H groups in total. The van der Waals surface area contributed by atoms with Crippen molar-refractivity contribution in [1.82, 2.24) is 19.5 Å². The Labute approximate surface area is 284 Å². The SMILES string of the molecule is c1ccc(-c2ccc(-n3c4ccccc4c4ccc(-c5ccccc5-c5nc(-c6ccccc6)nc(-c6ccccc6)n5)cc43)cc2)cc1. The van der Waals surface area contributed by atoms with Crippen LogP contribution in [0.15, 0.2) is 182 Å². The molecule has 0 amide bonds. The minimum Gasteiger partial charge on any atom is -0.309 e. The first kappa shape index (κ1) is 28.6. The molecule has 0 aliphatic heterocycles. The molecule has 0 saturated carbocycles. The summed E-state index contributed by atoms with van der Waals surface area (Å²) in [5, 5.41) is 2.43. The van der Waals surface area contributed by atoms with Gasteiger partial charge in [-0.25, -0.2) is 15.0 Å². The van der Waals surface area contributed by atoms with Crippen LogP contribution in [0, 0.1) is 0 Å². The Hall–Kier alpha value is -6.65. The van der Waals surface area contributed by atoms with Gasteiger partial charge < -0.3 is 4.57 Å². The van der Waals surface area contributed by atoms with E-state index in [-0.39, 0.29) is 0 Å². The molecule has 0 aliphatic carbocycles. The Kier molecular flexibility index (Phi) is 7.10. The van der Waals surface area contributed by atoms with Gasteiger partial charge in [0.15, 0.2) is 17.5 Å². The smallest absolute Gasteiger partial charge is 0.164 e. The zero-order valence-electron chi connectivity index (χ0n) is 26.6. The molecule has 9 aromatic rings. The predicted molar refractivity (Wildman–Crippen MR) is 201 cm³/mol. The lowest BCUT2D eigenvalue weighted by molar-refractivity contribution is 1.07. The maximum Gasteiger partial charge on any atom is 0.164 e. The van der Waals surface area contributed by atoms with Crippen molar-refractivity contribution in [3.63, 3.8) is 0 Å². The summed E-state index contributed by atoms with van der Waals surface area (Å²) in [6.45, 7) is 0. The van der Waals surface area contributed by atoms with Crippen LogP contribution in [0.5, 0.6) is 0 Å². The number of para-hydroxylation sites is 1. The zero-order valence-corrected chi connectivity index (χ0v) is 26.6. The van der Waals surface area contributed by atoms with Gasteiger partial charge in [-0.15, -0.1) is 0 Å². The monoisotopic (exact) mass is 626 g/mol. The van der Waals surface area contributed by atoms with Gasteiger partial charge in [-0.2, -0.15) is 0 Å². The predicted octanol–water partition coefficient (Wildman–Crippen LogP) is 11.3. The van der Waals surface area contributed by atoms with Crippen LogP contribution in [-0.2, 0) is 0 Å². The number of hydrogen-bond donors (Lipinski definition) is 0. The van der Waals surface area contributed by atoms with Crippen molar-refractivity contribution < 1.29 is 0 Å². The summed E-state index contributed by atoms with van der Waals surface area (Å²) in [5.74, 6) is 1.93. The highest BCUT2D eigenvalue weighted by Crippen LogP contribution is 2.38. The number of hydrogen-bond acceptors (Lipinski definition) is 3. The van der Waals surface area contributed by atoms with Gasteiger partial charge in [0.05, 0.1) is 11.0 Å². The van der Waals surface area contributed by atoms with Gasteiger partial charge in [-0.1, -0.05) is 158 Å². The van der Waals surface area contributed by atoms with Crippen molar-refractivity contribution in [2.24, 2.45) is 0 Å². The highest BCUT2D eigenvalue weighted by Gasteiger charge is 2.18. The van der Waals surface area contributed by atoms with Crippen LogP contribution < -0.4 is 0 Å². The molecule has 0 spiro atoms. The lowest BCUT2D eigenvalue weighted by atomic mass is 9.97. The van der Waals surface area contributed by atoms with Gasteiger partial charge in [0.2, 0.25) is 0 Å². The topological polar surface area (TPSA) is 43.6 Å². The molecule has 0 bridgehead atoms. The van der Waals surface area contributed by atoms with Crippen LogP contribution in [0.4, 0.5) is 0 Å². The third-order valence-electron chi connectivity index (χ3n) is 9.08. The van der Waals surface area contributed by atoms with Gasteiger partial charge in [0.25, 0.3) is 0 Å². The zero-order chi connectivity index (χ0) is 32.6. The highest BCUT2D eigenvalue weighted by atomic mass is 15.0. The average Bonchev–Trinajstić information content (AvgIpc) is 3.52. The molecule has 2 aromatic heterocycles. The summed E-state index contributed by atoms with van der Waals surface area (Å²) in [6, 6.07) is 63.4. The lowest BCUT2D eigenvalue weighted by Gasteiger charge is -2.13. The van der Waals surface area contributed by atoms with Crippen LogP contribution in [-0.4, -0.2) is 19.5 Å². The Morgan fingerprint density at radius 2 is 0.776 bits per heavy atom. The second kappa shape index (κ2) is 12.2. The molecule has 0 atom stereocenters. The van der Waals surface area contributed by atoms with Crippen molar-refractivity contribution >= 4 is 21.8 Å². The minimum absolute atomic E-state index is 0.639. The summed E-state index contributed by atoms with van der Waals surface area (Å²) >= 11 is 0. The number of rotatable bonds is 6. The summed E-state index contributed by atoms with van der Waals surface area (Å²) in [4.78, 5) is 15.0. The summed E-state index contributed by atoms with van der Waals surface area (Å²) in [7, 11) is 0. The Balaban J connectivity index is 1.22. The highest BCUT2D eigenvalue weighted by molar-refractivity contribution is 6.10. The number of fused-ring (bicyclic) bond motifs is 3. The first-order valence-electron chi connectivity index (χ1n) is 16.5. The van der Waals surface area contributed by atoms with E-state index in [2.05, 4.69) is 126 Å². The Bertz CT molecular complexity index is 2520. The molecule has 49 heavy (non-hydrogen) atoms. The number of benzene rings is 7. The van der Waals surface area contributed by atoms with E-state index in [0.717, 1.165) is 39.0 Å². The van der Waals surface area contributed by atoms with Crippen molar-refractivity contribution in [1.29, 1.82) is 0 Å². The maximum absolute atomic E-state index is 5.05. The van der Waals surface area contributed by atoms with Gasteiger partial charge in [-0.05, 0) is 46.5 Å². The second-order valence-electron chi connectivity index (χ2n) is 12.1. The average molecular weight is 627 g/mol. The quantitative estimate of drug-likeness (QED) is 0.184. The summed E-state index contributed by atoms with van der Waals surface area (Å²) in [6.07, 6.45) is 0. The first-order valence-corrected chi connectivity index (χ1v) is 16.5. The van der Waals surface area contributed by atoms with E-state index >= 15 is 0 Å². The normalized spacial score (nSPS) is 11.3. The molecule has 0 fully saturated rings. The minimum atomic E-state index is 0.639. The Morgan fingerprint density at radius 3 is 1.43 bits per heavy atom. The summed E-state index contributed by atoms with van der Waals surface area (Å²) < 4.78 is 2.37.